The molecule has 2 heterocycles. The summed E-state index contributed by atoms with van der Waals surface area (Å²) in [5.41, 5.74) is 6.86. The zero-order chi connectivity index (χ0) is 10.1. The summed E-state index contributed by atoms with van der Waals surface area (Å²) in [7, 11) is 1.84. The molecule has 2 rings (SSSR count). The summed E-state index contributed by atoms with van der Waals surface area (Å²) >= 11 is 0. The third kappa shape index (κ3) is 1.24. The predicted octanol–water partition coefficient (Wildman–Crippen LogP) is 0.344. The molecule has 2 N–H and O–H groups in total. The predicted molar refractivity (Wildman–Crippen MR) is 51.9 cm³/mol. The first-order valence-corrected chi connectivity index (χ1v) is 4.29. The minimum Gasteiger partial charge on any atom is -0.476 e. The lowest BCUT2D eigenvalue weighted by Gasteiger charge is -2.03. The molecule has 6 nitrogen and oxygen atoms in total. The van der Waals surface area contributed by atoms with E-state index in [0.29, 0.717) is 23.7 Å². The molecule has 0 saturated carbocycles. The second kappa shape index (κ2) is 3.13. The second-order valence-corrected chi connectivity index (χ2v) is 2.85. The monoisotopic (exact) mass is 193 g/mol. The van der Waals surface area contributed by atoms with Gasteiger partial charge < -0.3 is 15.0 Å². The van der Waals surface area contributed by atoms with E-state index in [0.717, 1.165) is 0 Å². The minimum absolute atomic E-state index is 0.199. The van der Waals surface area contributed by atoms with Gasteiger partial charge in [-0.2, -0.15) is 9.97 Å². The van der Waals surface area contributed by atoms with Gasteiger partial charge >= 0.3 is 0 Å². The van der Waals surface area contributed by atoms with Crippen LogP contribution in [0.5, 0.6) is 5.88 Å². The first kappa shape index (κ1) is 8.74. The lowest BCUT2D eigenvalue weighted by atomic mass is 10.5. The maximum absolute atomic E-state index is 5.54. The number of fused-ring (bicyclic) bond motifs is 1. The van der Waals surface area contributed by atoms with Crippen molar-refractivity contribution >= 4 is 17.1 Å². The number of anilines is 1. The number of aryl methyl sites for hydroxylation is 1. The van der Waals surface area contributed by atoms with E-state index in [2.05, 4.69) is 15.0 Å². The number of nitrogens with two attached hydrogens (primary N) is 1. The van der Waals surface area contributed by atoms with E-state index in [1.807, 2.05) is 14.0 Å². The van der Waals surface area contributed by atoms with E-state index >= 15 is 0 Å². The molecule has 14 heavy (non-hydrogen) atoms. The van der Waals surface area contributed by atoms with Crippen molar-refractivity contribution in [1.29, 1.82) is 0 Å². The summed E-state index contributed by atoms with van der Waals surface area (Å²) in [4.78, 5) is 12.2. The number of aromatic nitrogens is 4. The van der Waals surface area contributed by atoms with Crippen LogP contribution >= 0.6 is 0 Å². The average Bonchev–Trinajstić information content (AvgIpc) is 2.49. The molecule has 2 aromatic rings. The van der Waals surface area contributed by atoms with Gasteiger partial charge in [0.05, 0.1) is 12.9 Å². The Kier molecular flexibility index (Phi) is 1.95. The van der Waals surface area contributed by atoms with Crippen molar-refractivity contribution in [2.45, 2.75) is 6.92 Å². The van der Waals surface area contributed by atoms with Crippen LogP contribution in [0.25, 0.3) is 11.2 Å². The third-order valence-corrected chi connectivity index (χ3v) is 1.83. The van der Waals surface area contributed by atoms with Crippen molar-refractivity contribution in [3.63, 3.8) is 0 Å². The summed E-state index contributed by atoms with van der Waals surface area (Å²) in [5, 5.41) is 0. The van der Waals surface area contributed by atoms with Crippen molar-refractivity contribution in [2.75, 3.05) is 12.3 Å². The Morgan fingerprint density at radius 1 is 1.50 bits per heavy atom. The number of rotatable bonds is 2. The Balaban J connectivity index is 2.68. The van der Waals surface area contributed by atoms with Gasteiger partial charge in [-0.05, 0) is 6.92 Å². The lowest BCUT2D eigenvalue weighted by Crippen LogP contribution is -2.02. The second-order valence-electron chi connectivity index (χ2n) is 2.85. The number of imidazole rings is 1. The third-order valence-electron chi connectivity index (χ3n) is 1.83. The topological polar surface area (TPSA) is 78.8 Å². The Labute approximate surface area is 80.7 Å². The van der Waals surface area contributed by atoms with Crippen LogP contribution in [0.3, 0.4) is 0 Å². The van der Waals surface area contributed by atoms with Crippen LogP contribution in [0, 0.1) is 0 Å². The van der Waals surface area contributed by atoms with Gasteiger partial charge in [-0.25, -0.2) is 4.98 Å². The molecule has 0 aromatic carbocycles. The first-order chi connectivity index (χ1) is 6.72. The highest BCUT2D eigenvalue weighted by molar-refractivity contribution is 5.77. The fourth-order valence-corrected chi connectivity index (χ4v) is 1.23. The quantitative estimate of drug-likeness (QED) is 0.744. The molecule has 0 aliphatic rings. The number of nitrogens with zero attached hydrogens (tertiary/aromatic N) is 4. The van der Waals surface area contributed by atoms with Gasteiger partial charge in [0, 0.05) is 7.05 Å². The molecular formula is C8H11N5O. The van der Waals surface area contributed by atoms with E-state index in [1.165, 1.54) is 0 Å². The molecule has 0 amide bonds. The van der Waals surface area contributed by atoms with Gasteiger partial charge in [-0.3, -0.25) is 0 Å². The maximum Gasteiger partial charge on any atom is 0.247 e. The summed E-state index contributed by atoms with van der Waals surface area (Å²) in [6, 6.07) is 0. The van der Waals surface area contributed by atoms with Crippen molar-refractivity contribution in [3.8, 4) is 5.88 Å². The lowest BCUT2D eigenvalue weighted by molar-refractivity contribution is 0.331. The van der Waals surface area contributed by atoms with Crippen molar-refractivity contribution < 1.29 is 4.74 Å². The van der Waals surface area contributed by atoms with Crippen LogP contribution < -0.4 is 10.5 Å². The van der Waals surface area contributed by atoms with Crippen molar-refractivity contribution in [1.82, 2.24) is 19.5 Å². The molecular weight excluding hydrogens is 182 g/mol. The zero-order valence-corrected chi connectivity index (χ0v) is 8.06. The van der Waals surface area contributed by atoms with E-state index in [9.17, 15) is 0 Å². The molecule has 2 aromatic heterocycles. The van der Waals surface area contributed by atoms with Crippen LogP contribution in [-0.2, 0) is 7.05 Å². The SMILES string of the molecule is CCOc1nc(N)nc2c1ncn2C. The molecule has 0 aliphatic heterocycles. The van der Waals surface area contributed by atoms with E-state index < -0.39 is 0 Å². The molecule has 0 atom stereocenters. The summed E-state index contributed by atoms with van der Waals surface area (Å²) in [6.45, 7) is 2.41. The summed E-state index contributed by atoms with van der Waals surface area (Å²) in [5.74, 6) is 0.639. The van der Waals surface area contributed by atoms with Crippen LogP contribution in [0.2, 0.25) is 0 Å². The molecule has 0 unspecified atom stereocenters. The summed E-state index contributed by atoms with van der Waals surface area (Å²) in [6.07, 6.45) is 1.65. The van der Waals surface area contributed by atoms with Crippen LogP contribution in [0.15, 0.2) is 6.33 Å². The number of hydrogen-bond acceptors (Lipinski definition) is 5. The highest BCUT2D eigenvalue weighted by Gasteiger charge is 2.10. The maximum atomic E-state index is 5.54. The molecule has 0 spiro atoms. The number of nitrogen functional groups attached to an aromatic ring is 1. The van der Waals surface area contributed by atoms with Crippen LogP contribution in [0.1, 0.15) is 6.92 Å². The Morgan fingerprint density at radius 3 is 3.00 bits per heavy atom. The van der Waals surface area contributed by atoms with Gasteiger partial charge in [0.25, 0.3) is 0 Å². The molecule has 74 valence electrons. The number of hydrogen-bond donors (Lipinski definition) is 1. The van der Waals surface area contributed by atoms with E-state index in [1.54, 1.807) is 10.9 Å². The van der Waals surface area contributed by atoms with Crippen molar-refractivity contribution in [2.24, 2.45) is 7.05 Å². The Bertz CT molecular complexity index is 464. The molecule has 0 bridgehead atoms. The fraction of sp³-hybridized carbons (Fsp3) is 0.375. The summed E-state index contributed by atoms with van der Waals surface area (Å²) < 4.78 is 7.08. The number of ether oxygens (including phenoxy) is 1. The Morgan fingerprint density at radius 2 is 2.29 bits per heavy atom. The molecule has 6 heteroatoms. The van der Waals surface area contributed by atoms with E-state index in [4.69, 9.17) is 10.5 Å². The Hall–Kier alpha value is -1.85. The van der Waals surface area contributed by atoms with E-state index in [-0.39, 0.29) is 5.95 Å². The van der Waals surface area contributed by atoms with Crippen molar-refractivity contribution in [3.05, 3.63) is 6.33 Å². The van der Waals surface area contributed by atoms with Gasteiger partial charge in [-0.1, -0.05) is 0 Å². The first-order valence-electron chi connectivity index (χ1n) is 4.29. The van der Waals surface area contributed by atoms with Gasteiger partial charge in [0.15, 0.2) is 11.2 Å². The zero-order valence-electron chi connectivity index (χ0n) is 8.06. The normalized spacial score (nSPS) is 10.7. The minimum atomic E-state index is 0.199. The highest BCUT2D eigenvalue weighted by Crippen LogP contribution is 2.20. The standard InChI is InChI=1S/C8H11N5O/c1-3-14-7-5-6(11-8(9)12-7)13(2)4-10-5/h4H,3H2,1-2H3,(H2,9,11,12). The average molecular weight is 193 g/mol. The molecule has 0 fully saturated rings. The van der Waals surface area contributed by atoms with Gasteiger partial charge in [0.2, 0.25) is 11.8 Å². The largest absolute Gasteiger partial charge is 0.476 e. The van der Waals surface area contributed by atoms with Gasteiger partial charge in [-0.15, -0.1) is 0 Å². The van der Waals surface area contributed by atoms with Gasteiger partial charge in [0.1, 0.15) is 0 Å². The van der Waals surface area contributed by atoms with Crippen LogP contribution in [-0.4, -0.2) is 26.1 Å². The van der Waals surface area contributed by atoms with Crippen LogP contribution in [0.4, 0.5) is 5.95 Å². The molecule has 0 radical (unpaired) electrons. The smallest absolute Gasteiger partial charge is 0.247 e. The molecule has 0 saturated heterocycles. The fourth-order valence-electron chi connectivity index (χ4n) is 1.23. The highest BCUT2D eigenvalue weighted by atomic mass is 16.5. The molecule has 0 aliphatic carbocycles.